The summed E-state index contributed by atoms with van der Waals surface area (Å²) in [4.78, 5) is 43.5. The van der Waals surface area contributed by atoms with Crippen LogP contribution in [0.1, 0.15) is 32.8 Å². The van der Waals surface area contributed by atoms with Gasteiger partial charge in [-0.3, -0.25) is 9.74 Å². The third-order valence-electron chi connectivity index (χ3n) is 4.12. The monoisotopic (exact) mass is 496 g/mol. The predicted molar refractivity (Wildman–Crippen MR) is 113 cm³/mol. The van der Waals surface area contributed by atoms with Gasteiger partial charge in [-0.25, -0.2) is 14.4 Å². The quantitative estimate of drug-likeness (QED) is 0.476. The Kier molecular flexibility index (Phi) is 8.27. The molecule has 0 saturated carbocycles. The number of halogens is 3. The van der Waals surface area contributed by atoms with Crippen molar-refractivity contribution < 1.29 is 33.8 Å². The van der Waals surface area contributed by atoms with Gasteiger partial charge in [0.1, 0.15) is 18.2 Å². The standard InChI is InChI=1S/C19H23Cl3N2O7/c1-18(2,3)30-16(27)23-10-13(9-14(23)15(25)26)24(17(28)31-19(20,21)22)29-11-12-7-5-4-6-8-12/h4-8,13-14H,9-11H2,1-3H3,(H,25,26)/t13-,14+/m1/s1. The zero-order valence-corrected chi connectivity index (χ0v) is 19.4. The normalized spacial score (nSPS) is 19.1. The Hall–Kier alpha value is -1.94. The Morgan fingerprint density at radius 3 is 2.26 bits per heavy atom. The SMILES string of the molecule is CC(C)(C)OC(=O)N1C[C@H](N(OCc2ccccc2)C(=O)OC(Cl)(Cl)Cl)C[C@H]1C(=O)O. The molecule has 0 bridgehead atoms. The average molecular weight is 498 g/mol. The van der Waals surface area contributed by atoms with Gasteiger partial charge in [-0.05, 0) is 61.1 Å². The minimum absolute atomic E-state index is 0.0452. The summed E-state index contributed by atoms with van der Waals surface area (Å²) in [7, 11) is 0. The number of likely N-dealkylation sites (tertiary alicyclic amines) is 1. The zero-order chi connectivity index (χ0) is 23.4. The predicted octanol–water partition coefficient (Wildman–Crippen LogP) is 4.35. The van der Waals surface area contributed by atoms with E-state index in [2.05, 4.69) is 0 Å². The number of alkyl halides is 3. The number of hydrogen-bond donors (Lipinski definition) is 1. The number of hydrogen-bond acceptors (Lipinski definition) is 6. The molecule has 1 N–H and O–H groups in total. The molecule has 1 saturated heterocycles. The smallest absolute Gasteiger partial charge is 0.437 e. The maximum absolute atomic E-state index is 12.6. The van der Waals surface area contributed by atoms with Gasteiger partial charge in [-0.15, -0.1) is 0 Å². The fourth-order valence-electron chi connectivity index (χ4n) is 2.91. The van der Waals surface area contributed by atoms with Crippen LogP contribution >= 0.6 is 34.8 Å². The first-order valence-corrected chi connectivity index (χ1v) is 10.4. The highest BCUT2D eigenvalue weighted by Crippen LogP contribution is 2.31. The van der Waals surface area contributed by atoms with Crippen LogP contribution < -0.4 is 0 Å². The van der Waals surface area contributed by atoms with Gasteiger partial charge in [0.15, 0.2) is 0 Å². The van der Waals surface area contributed by atoms with Crippen LogP contribution in [-0.2, 0) is 25.7 Å². The van der Waals surface area contributed by atoms with Gasteiger partial charge in [0.2, 0.25) is 0 Å². The topological polar surface area (TPSA) is 106 Å². The van der Waals surface area contributed by atoms with Crippen molar-refractivity contribution in [1.29, 1.82) is 0 Å². The van der Waals surface area contributed by atoms with E-state index in [0.717, 1.165) is 15.5 Å². The number of benzene rings is 1. The first kappa shape index (κ1) is 25.3. The van der Waals surface area contributed by atoms with E-state index in [9.17, 15) is 19.5 Å². The molecule has 2 amide bonds. The van der Waals surface area contributed by atoms with Crippen molar-refractivity contribution in [1.82, 2.24) is 9.96 Å². The van der Waals surface area contributed by atoms with E-state index >= 15 is 0 Å². The molecule has 1 aromatic rings. The number of carbonyl (C=O) groups is 3. The lowest BCUT2D eigenvalue weighted by Crippen LogP contribution is -2.45. The molecule has 1 heterocycles. The number of amides is 2. The van der Waals surface area contributed by atoms with Gasteiger partial charge in [-0.2, -0.15) is 5.06 Å². The molecule has 2 atom stereocenters. The molecule has 1 aliphatic rings. The van der Waals surface area contributed by atoms with E-state index in [1.807, 2.05) is 6.07 Å². The zero-order valence-electron chi connectivity index (χ0n) is 17.1. The molecular weight excluding hydrogens is 475 g/mol. The molecule has 0 spiro atoms. The van der Waals surface area contributed by atoms with Crippen LogP contribution in [0.5, 0.6) is 0 Å². The molecule has 0 radical (unpaired) electrons. The minimum atomic E-state index is -2.36. The molecule has 2 rings (SSSR count). The number of hydroxylamine groups is 2. The largest absolute Gasteiger partial charge is 0.480 e. The summed E-state index contributed by atoms with van der Waals surface area (Å²) in [5.74, 6) is -1.26. The van der Waals surface area contributed by atoms with Crippen molar-refractivity contribution in [2.45, 2.75) is 55.5 Å². The Morgan fingerprint density at radius 1 is 1.13 bits per heavy atom. The third kappa shape index (κ3) is 7.92. The Morgan fingerprint density at radius 2 is 1.74 bits per heavy atom. The van der Waals surface area contributed by atoms with Crippen LogP contribution in [0.15, 0.2) is 30.3 Å². The Labute approximate surface area is 194 Å². The molecular formula is C19H23Cl3N2O7. The molecule has 31 heavy (non-hydrogen) atoms. The number of carboxylic acids is 1. The van der Waals surface area contributed by atoms with E-state index < -0.39 is 39.8 Å². The van der Waals surface area contributed by atoms with Crippen LogP contribution in [0, 0.1) is 0 Å². The van der Waals surface area contributed by atoms with Crippen molar-refractivity contribution in [2.75, 3.05) is 6.54 Å². The second-order valence-corrected chi connectivity index (χ2v) is 9.95. The summed E-state index contributed by atoms with van der Waals surface area (Å²) in [6.45, 7) is 4.73. The molecule has 9 nitrogen and oxygen atoms in total. The second kappa shape index (κ2) is 10.1. The lowest BCUT2D eigenvalue weighted by molar-refractivity contribution is -0.169. The molecule has 1 aliphatic heterocycles. The van der Waals surface area contributed by atoms with Crippen molar-refractivity contribution in [3.8, 4) is 0 Å². The summed E-state index contributed by atoms with van der Waals surface area (Å²) in [5, 5.41) is 10.4. The molecule has 12 heteroatoms. The van der Waals surface area contributed by atoms with Gasteiger partial charge in [0.05, 0.1) is 6.04 Å². The van der Waals surface area contributed by atoms with E-state index in [4.69, 9.17) is 49.1 Å². The molecule has 0 aromatic heterocycles. The van der Waals surface area contributed by atoms with Crippen molar-refractivity contribution in [3.63, 3.8) is 0 Å². The summed E-state index contributed by atoms with van der Waals surface area (Å²) >= 11 is 16.7. The first-order valence-electron chi connectivity index (χ1n) is 9.25. The molecule has 0 aliphatic carbocycles. The number of rotatable bonds is 5. The van der Waals surface area contributed by atoms with Gasteiger partial charge in [0.25, 0.3) is 0 Å². The number of aliphatic carboxylic acids is 1. The van der Waals surface area contributed by atoms with Crippen molar-refractivity contribution >= 4 is 53.0 Å². The second-order valence-electron chi connectivity index (χ2n) is 7.77. The fraction of sp³-hybridized carbons (Fsp3) is 0.526. The molecule has 1 fully saturated rings. The van der Waals surface area contributed by atoms with Crippen LogP contribution in [0.2, 0.25) is 0 Å². The Bertz CT molecular complexity index is 796. The van der Waals surface area contributed by atoms with Crippen LogP contribution in [0.4, 0.5) is 9.59 Å². The Balaban J connectivity index is 2.23. The van der Waals surface area contributed by atoms with Crippen LogP contribution in [0.25, 0.3) is 0 Å². The minimum Gasteiger partial charge on any atom is -0.480 e. The van der Waals surface area contributed by atoms with Crippen molar-refractivity contribution in [3.05, 3.63) is 35.9 Å². The van der Waals surface area contributed by atoms with Gasteiger partial charge in [0, 0.05) is 13.0 Å². The van der Waals surface area contributed by atoms with Crippen molar-refractivity contribution in [2.24, 2.45) is 0 Å². The maximum Gasteiger partial charge on any atom is 0.437 e. The summed E-state index contributed by atoms with van der Waals surface area (Å²) in [6.07, 6.45) is -2.12. The van der Waals surface area contributed by atoms with Gasteiger partial charge in [-0.1, -0.05) is 30.3 Å². The highest BCUT2D eigenvalue weighted by molar-refractivity contribution is 6.66. The number of ether oxygens (including phenoxy) is 2. The number of carbonyl (C=O) groups excluding carboxylic acids is 2. The molecule has 1 aromatic carbocycles. The highest BCUT2D eigenvalue weighted by atomic mass is 35.6. The van der Waals surface area contributed by atoms with Crippen LogP contribution in [0.3, 0.4) is 0 Å². The number of carboxylic acid groups (broad SMARTS) is 1. The lowest BCUT2D eigenvalue weighted by atomic mass is 10.1. The first-order chi connectivity index (χ1) is 14.3. The molecule has 172 valence electrons. The van der Waals surface area contributed by atoms with E-state index in [-0.39, 0.29) is 19.6 Å². The van der Waals surface area contributed by atoms with Gasteiger partial charge >= 0.3 is 22.1 Å². The average Bonchev–Trinajstić information content (AvgIpc) is 3.05. The lowest BCUT2D eigenvalue weighted by Gasteiger charge is -2.29. The summed E-state index contributed by atoms with van der Waals surface area (Å²) in [5.41, 5.74) is -0.109. The summed E-state index contributed by atoms with van der Waals surface area (Å²) in [6, 6.07) is 6.76. The number of nitrogens with zero attached hydrogens (tertiary/aromatic N) is 2. The molecule has 0 unspecified atom stereocenters. The fourth-order valence-corrected chi connectivity index (χ4v) is 3.11. The maximum atomic E-state index is 12.6. The van der Waals surface area contributed by atoms with Crippen LogP contribution in [-0.4, -0.2) is 61.4 Å². The van der Waals surface area contributed by atoms with Gasteiger partial charge < -0.3 is 14.6 Å². The van der Waals surface area contributed by atoms with E-state index in [1.165, 1.54) is 0 Å². The van der Waals surface area contributed by atoms with E-state index in [1.54, 1.807) is 45.0 Å². The third-order valence-corrected chi connectivity index (χ3v) is 4.35. The highest BCUT2D eigenvalue weighted by Gasteiger charge is 2.46. The summed E-state index contributed by atoms with van der Waals surface area (Å²) < 4.78 is 7.67. The van der Waals surface area contributed by atoms with E-state index in [0.29, 0.717) is 0 Å².